The van der Waals surface area contributed by atoms with Crippen molar-refractivity contribution in [1.29, 1.82) is 0 Å². The number of rotatable bonds is 5. The van der Waals surface area contributed by atoms with Crippen molar-refractivity contribution in [2.45, 2.75) is 6.18 Å². The van der Waals surface area contributed by atoms with Crippen LogP contribution in [0.5, 0.6) is 11.5 Å². The minimum atomic E-state index is -4.81. The molecule has 0 aliphatic carbocycles. The average molecular weight is 428 g/mol. The van der Waals surface area contributed by atoms with Crippen molar-refractivity contribution in [1.82, 2.24) is 9.97 Å². The van der Waals surface area contributed by atoms with Gasteiger partial charge in [0.1, 0.15) is 5.82 Å². The van der Waals surface area contributed by atoms with Crippen molar-refractivity contribution >= 4 is 40.0 Å². The van der Waals surface area contributed by atoms with E-state index in [0.29, 0.717) is 0 Å². The van der Waals surface area contributed by atoms with Gasteiger partial charge in [-0.05, 0) is 24.3 Å². The summed E-state index contributed by atoms with van der Waals surface area (Å²) in [4.78, 5) is 18.3. The number of nitrogens with one attached hydrogen (secondary N) is 1. The zero-order valence-electron chi connectivity index (χ0n) is 15.0. The van der Waals surface area contributed by atoms with Crippen molar-refractivity contribution in [3.63, 3.8) is 0 Å². The van der Waals surface area contributed by atoms with E-state index in [2.05, 4.69) is 15.3 Å². The SMILES string of the molecule is COc1cc2nc(C(F)(F)F)nc(Nc3cc(C(=O)O)ccc3Cl)c2cc1OC. The van der Waals surface area contributed by atoms with Crippen LogP contribution in [0.1, 0.15) is 16.2 Å². The summed E-state index contributed by atoms with van der Waals surface area (Å²) in [7, 11) is 2.71. The lowest BCUT2D eigenvalue weighted by molar-refractivity contribution is -0.144. The first kappa shape index (κ1) is 20.5. The number of aromatic nitrogens is 2. The Kier molecular flexibility index (Phi) is 5.38. The highest BCUT2D eigenvalue weighted by molar-refractivity contribution is 6.33. The monoisotopic (exact) mass is 427 g/mol. The van der Waals surface area contributed by atoms with Gasteiger partial charge in [0, 0.05) is 11.5 Å². The fraction of sp³-hybridized carbons (Fsp3) is 0.167. The number of carboxylic acid groups (broad SMARTS) is 1. The topological polar surface area (TPSA) is 93.6 Å². The van der Waals surface area contributed by atoms with Crippen molar-refractivity contribution < 1.29 is 32.5 Å². The number of carboxylic acids is 1. The second-order valence-corrected chi connectivity index (χ2v) is 6.15. The Labute approximate surface area is 167 Å². The maximum absolute atomic E-state index is 13.3. The first-order valence-electron chi connectivity index (χ1n) is 7.95. The van der Waals surface area contributed by atoms with Crippen LogP contribution in [0, 0.1) is 0 Å². The molecule has 0 amide bonds. The number of nitrogens with zero attached hydrogens (tertiary/aromatic N) is 2. The lowest BCUT2D eigenvalue weighted by atomic mass is 10.1. The van der Waals surface area contributed by atoms with Crippen LogP contribution < -0.4 is 14.8 Å². The van der Waals surface area contributed by atoms with E-state index in [-0.39, 0.29) is 44.5 Å². The summed E-state index contributed by atoms with van der Waals surface area (Å²) in [5, 5.41) is 12.1. The number of alkyl halides is 3. The van der Waals surface area contributed by atoms with Crippen molar-refractivity contribution in [3.05, 3.63) is 46.7 Å². The molecule has 0 saturated heterocycles. The number of benzene rings is 2. The normalized spacial score (nSPS) is 11.4. The van der Waals surface area contributed by atoms with Gasteiger partial charge in [-0.15, -0.1) is 0 Å². The fourth-order valence-corrected chi connectivity index (χ4v) is 2.72. The zero-order chi connectivity index (χ0) is 21.3. The van der Waals surface area contributed by atoms with Crippen LogP contribution in [-0.4, -0.2) is 35.3 Å². The van der Waals surface area contributed by atoms with Crippen LogP contribution in [0.3, 0.4) is 0 Å². The van der Waals surface area contributed by atoms with Crippen molar-refractivity contribution in [3.8, 4) is 11.5 Å². The number of halogens is 4. The van der Waals surface area contributed by atoms with Gasteiger partial charge in [-0.25, -0.2) is 14.8 Å². The van der Waals surface area contributed by atoms with E-state index in [4.69, 9.17) is 26.2 Å². The molecular weight excluding hydrogens is 415 g/mol. The van der Waals surface area contributed by atoms with E-state index in [1.807, 2.05) is 0 Å². The van der Waals surface area contributed by atoms with Crippen LogP contribution in [0.4, 0.5) is 24.7 Å². The summed E-state index contributed by atoms with van der Waals surface area (Å²) < 4.78 is 50.2. The third kappa shape index (κ3) is 4.11. The second kappa shape index (κ2) is 7.63. The third-order valence-corrected chi connectivity index (χ3v) is 4.25. The number of fused-ring (bicyclic) bond motifs is 1. The largest absolute Gasteiger partial charge is 0.493 e. The Hall–Kier alpha value is -3.27. The molecule has 0 aliphatic rings. The maximum atomic E-state index is 13.3. The van der Waals surface area contributed by atoms with E-state index in [0.717, 1.165) is 0 Å². The van der Waals surface area contributed by atoms with Crippen LogP contribution in [0.25, 0.3) is 10.9 Å². The molecule has 2 N–H and O–H groups in total. The molecule has 0 spiro atoms. The second-order valence-electron chi connectivity index (χ2n) is 5.74. The van der Waals surface area contributed by atoms with Gasteiger partial charge in [-0.2, -0.15) is 13.2 Å². The Morgan fingerprint density at radius 3 is 2.34 bits per heavy atom. The molecule has 29 heavy (non-hydrogen) atoms. The predicted molar refractivity (Wildman–Crippen MR) is 99.3 cm³/mol. The minimum Gasteiger partial charge on any atom is -0.493 e. The number of aromatic carboxylic acids is 1. The van der Waals surface area contributed by atoms with E-state index in [9.17, 15) is 18.0 Å². The summed E-state index contributed by atoms with van der Waals surface area (Å²) >= 11 is 6.07. The van der Waals surface area contributed by atoms with Gasteiger partial charge in [-0.1, -0.05) is 11.6 Å². The first-order valence-corrected chi connectivity index (χ1v) is 8.32. The highest BCUT2D eigenvalue weighted by Crippen LogP contribution is 2.38. The molecule has 0 radical (unpaired) electrons. The molecule has 0 unspecified atom stereocenters. The zero-order valence-corrected chi connectivity index (χ0v) is 15.7. The van der Waals surface area contributed by atoms with Crippen LogP contribution in [-0.2, 0) is 6.18 Å². The van der Waals surface area contributed by atoms with Gasteiger partial charge in [0.15, 0.2) is 11.5 Å². The molecule has 1 aromatic heterocycles. The first-order chi connectivity index (χ1) is 13.6. The molecule has 2 aromatic carbocycles. The molecule has 152 valence electrons. The van der Waals surface area contributed by atoms with Gasteiger partial charge in [-0.3, -0.25) is 0 Å². The average Bonchev–Trinajstić information content (AvgIpc) is 2.67. The van der Waals surface area contributed by atoms with Gasteiger partial charge < -0.3 is 19.9 Å². The Bertz CT molecular complexity index is 1110. The summed E-state index contributed by atoms with van der Waals surface area (Å²) in [6.45, 7) is 0. The molecule has 0 atom stereocenters. The number of hydrogen-bond donors (Lipinski definition) is 2. The predicted octanol–water partition coefficient (Wildman–Crippen LogP) is 4.76. The van der Waals surface area contributed by atoms with E-state index in [1.165, 1.54) is 44.6 Å². The molecule has 1 heterocycles. The summed E-state index contributed by atoms with van der Waals surface area (Å²) in [5.41, 5.74) is -0.0991. The summed E-state index contributed by atoms with van der Waals surface area (Å²) in [5.74, 6) is -2.40. The van der Waals surface area contributed by atoms with Gasteiger partial charge in [0.2, 0.25) is 5.82 Å². The van der Waals surface area contributed by atoms with Crippen LogP contribution in [0.2, 0.25) is 5.02 Å². The Morgan fingerprint density at radius 2 is 1.76 bits per heavy atom. The van der Waals surface area contributed by atoms with E-state index < -0.39 is 18.0 Å². The highest BCUT2D eigenvalue weighted by Gasteiger charge is 2.36. The lowest BCUT2D eigenvalue weighted by Gasteiger charge is -2.15. The van der Waals surface area contributed by atoms with Gasteiger partial charge >= 0.3 is 12.1 Å². The molecule has 0 bridgehead atoms. The molecule has 0 saturated carbocycles. The van der Waals surface area contributed by atoms with E-state index >= 15 is 0 Å². The number of ether oxygens (including phenoxy) is 2. The van der Waals surface area contributed by atoms with Gasteiger partial charge in [0.25, 0.3) is 0 Å². The fourth-order valence-electron chi connectivity index (χ4n) is 2.56. The number of methoxy groups -OCH3 is 2. The number of anilines is 2. The third-order valence-electron chi connectivity index (χ3n) is 3.92. The Balaban J connectivity index is 2.25. The molecule has 11 heteroatoms. The van der Waals surface area contributed by atoms with Crippen LogP contribution in [0.15, 0.2) is 30.3 Å². The minimum absolute atomic E-state index is 0.0574. The smallest absolute Gasteiger partial charge is 0.451 e. The lowest BCUT2D eigenvalue weighted by Crippen LogP contribution is -2.13. The highest BCUT2D eigenvalue weighted by atomic mass is 35.5. The molecule has 3 aromatic rings. The molecule has 0 aliphatic heterocycles. The van der Waals surface area contributed by atoms with Crippen molar-refractivity contribution in [2.75, 3.05) is 19.5 Å². The molecule has 7 nitrogen and oxygen atoms in total. The van der Waals surface area contributed by atoms with E-state index in [1.54, 1.807) is 0 Å². The molecule has 3 rings (SSSR count). The number of carbonyl (C=O) groups is 1. The quantitative estimate of drug-likeness (QED) is 0.606. The Morgan fingerprint density at radius 1 is 1.10 bits per heavy atom. The van der Waals surface area contributed by atoms with Crippen LogP contribution >= 0.6 is 11.6 Å². The van der Waals surface area contributed by atoms with Gasteiger partial charge in [0.05, 0.1) is 36.0 Å². The molecular formula is C18H13ClF3N3O4. The summed E-state index contributed by atoms with van der Waals surface area (Å²) in [6.07, 6.45) is -4.81. The summed E-state index contributed by atoms with van der Waals surface area (Å²) in [6, 6.07) is 6.46. The maximum Gasteiger partial charge on any atom is 0.451 e. The number of hydrogen-bond acceptors (Lipinski definition) is 6. The standard InChI is InChI=1S/C18H13ClF3N3O4/c1-28-13-6-9-11(7-14(13)29-2)24-17(18(20,21)22)25-15(9)23-12-5-8(16(26)27)3-4-10(12)19/h3-7H,1-2H3,(H,26,27)(H,23,24,25). The van der Waals surface area contributed by atoms with Crippen molar-refractivity contribution in [2.24, 2.45) is 0 Å². The molecule has 0 fully saturated rings.